The SMILES string of the molecule is CC(C)(C)c1cc(-c2cc(-c3ccc4c(c3)oc3ccccc34)ccn2)[c-]c(-c2cccc3c2nc(-c2cc(C(C)(C)C)cc(C(C)(C)C)c2O)n3-c2ccc(C(C)(C)C)cc2-c2ccccc2)c1.[Pt]. The Hall–Kier alpha value is -6.55. The van der Waals surface area contributed by atoms with Crippen LogP contribution in [0.3, 0.4) is 0 Å². The topological polar surface area (TPSA) is 64.1 Å². The molecular weight excluding hydrogens is 1040 g/mol. The first-order valence-electron chi connectivity index (χ1n) is 24.2. The smallest absolute Gasteiger partial charge is 0.148 e. The Balaban J connectivity index is 0.00000608. The van der Waals surface area contributed by atoms with Gasteiger partial charge in [-0.1, -0.05) is 179 Å². The monoisotopic (exact) mass is 1100 g/mol. The molecule has 3 aromatic heterocycles. The summed E-state index contributed by atoms with van der Waals surface area (Å²) in [6.07, 6.45) is 1.89. The number of hydrogen-bond acceptors (Lipinski definition) is 4. The average molecular weight is 1100 g/mol. The molecule has 0 spiro atoms. The van der Waals surface area contributed by atoms with Crippen molar-refractivity contribution in [3.05, 3.63) is 180 Å². The number of rotatable bonds is 6. The molecule has 3 heterocycles. The van der Waals surface area contributed by atoms with Crippen molar-refractivity contribution in [2.75, 3.05) is 0 Å². The quantitative estimate of drug-likeness (QED) is 0.169. The predicted octanol–water partition coefficient (Wildman–Crippen LogP) is 17.3. The third-order valence-electron chi connectivity index (χ3n) is 13.7. The van der Waals surface area contributed by atoms with E-state index in [-0.39, 0.29) is 48.5 Å². The molecule has 1 N–H and O–H groups in total. The van der Waals surface area contributed by atoms with Gasteiger partial charge < -0.3 is 9.52 Å². The van der Waals surface area contributed by atoms with Crippen molar-refractivity contribution < 1.29 is 30.6 Å². The standard InChI is InChI=1S/C64H62N3O2.Pt/c1-61(2,3)44-26-28-54(50(36-44)39-19-14-13-15-20-39)67-55-23-18-22-47(58(55)66-60(67)51-37-46(63(7,8)9)38-52(59(51)68)64(10,11)12)42-31-43(33-45(32-42)62(4,5)6)53-34-41(29-30-65-53)40-25-27-49-48-21-16-17-24-56(48)69-57(49)35-40;/h13-30,32-38,68H,1-12H3;/q-1;. The van der Waals surface area contributed by atoms with Crippen LogP contribution < -0.4 is 0 Å². The van der Waals surface area contributed by atoms with Crippen LogP contribution in [0.2, 0.25) is 0 Å². The molecule has 356 valence electrons. The fraction of sp³-hybridized carbons (Fsp3) is 0.250. The second-order valence-corrected chi connectivity index (χ2v) is 22.9. The van der Waals surface area contributed by atoms with Crippen LogP contribution in [0.5, 0.6) is 5.75 Å². The Morgan fingerprint density at radius 2 is 1.14 bits per heavy atom. The maximum absolute atomic E-state index is 12.6. The number of imidazole rings is 1. The summed E-state index contributed by atoms with van der Waals surface area (Å²) in [6, 6.07) is 55.4. The van der Waals surface area contributed by atoms with Gasteiger partial charge in [-0.05, 0) is 98.0 Å². The zero-order valence-electron chi connectivity index (χ0n) is 42.4. The van der Waals surface area contributed by atoms with Crippen molar-refractivity contribution in [1.29, 1.82) is 0 Å². The van der Waals surface area contributed by atoms with E-state index in [4.69, 9.17) is 14.4 Å². The normalized spacial score (nSPS) is 12.5. The van der Waals surface area contributed by atoms with Gasteiger partial charge in [0.2, 0.25) is 0 Å². The molecule has 0 bridgehead atoms. The number of phenolic OH excluding ortho intramolecular Hbond substituents is 1. The molecule has 0 saturated carbocycles. The molecule has 10 aromatic rings. The summed E-state index contributed by atoms with van der Waals surface area (Å²) in [7, 11) is 0. The number of para-hydroxylation sites is 2. The first-order chi connectivity index (χ1) is 32.6. The second kappa shape index (κ2) is 17.7. The minimum atomic E-state index is -0.337. The van der Waals surface area contributed by atoms with Gasteiger partial charge in [0.1, 0.15) is 22.7 Å². The molecule has 0 aliphatic heterocycles. The maximum Gasteiger partial charge on any atom is 0.148 e. The Bertz CT molecular complexity index is 3610. The third-order valence-corrected chi connectivity index (χ3v) is 13.7. The number of fused-ring (bicyclic) bond motifs is 4. The summed E-state index contributed by atoms with van der Waals surface area (Å²) in [6.45, 7) is 26.7. The predicted molar refractivity (Wildman–Crippen MR) is 289 cm³/mol. The number of pyridine rings is 1. The van der Waals surface area contributed by atoms with Gasteiger partial charge in [-0.3, -0.25) is 9.55 Å². The molecule has 70 heavy (non-hydrogen) atoms. The van der Waals surface area contributed by atoms with Crippen LogP contribution in [0.1, 0.15) is 105 Å². The fourth-order valence-electron chi connectivity index (χ4n) is 9.55. The van der Waals surface area contributed by atoms with Crippen LogP contribution in [0.4, 0.5) is 0 Å². The molecule has 0 saturated heterocycles. The minimum Gasteiger partial charge on any atom is -0.507 e. The molecule has 7 aromatic carbocycles. The summed E-state index contributed by atoms with van der Waals surface area (Å²) < 4.78 is 8.58. The van der Waals surface area contributed by atoms with Crippen molar-refractivity contribution in [1.82, 2.24) is 14.5 Å². The Morgan fingerprint density at radius 3 is 1.86 bits per heavy atom. The third kappa shape index (κ3) is 8.94. The van der Waals surface area contributed by atoms with E-state index in [9.17, 15) is 5.11 Å². The Kier molecular flexibility index (Phi) is 12.3. The molecule has 6 heteroatoms. The summed E-state index contributed by atoms with van der Waals surface area (Å²) >= 11 is 0. The molecule has 5 nitrogen and oxygen atoms in total. The van der Waals surface area contributed by atoms with Crippen LogP contribution in [-0.2, 0) is 42.7 Å². The van der Waals surface area contributed by atoms with Crippen LogP contribution in [0.15, 0.2) is 156 Å². The summed E-state index contributed by atoms with van der Waals surface area (Å²) in [5.41, 5.74) is 16.7. The minimum absolute atomic E-state index is 0. The molecule has 0 fully saturated rings. The van der Waals surface area contributed by atoms with E-state index in [1.54, 1.807) is 0 Å². The van der Waals surface area contributed by atoms with Gasteiger partial charge in [-0.25, -0.2) is 4.98 Å². The molecule has 10 rings (SSSR count). The number of hydrogen-bond donors (Lipinski definition) is 1. The van der Waals surface area contributed by atoms with Crippen molar-refractivity contribution in [2.24, 2.45) is 0 Å². The number of aromatic nitrogens is 3. The van der Waals surface area contributed by atoms with E-state index in [0.29, 0.717) is 11.4 Å². The van der Waals surface area contributed by atoms with Crippen molar-refractivity contribution in [3.8, 4) is 67.5 Å². The van der Waals surface area contributed by atoms with Crippen LogP contribution >= 0.6 is 0 Å². The van der Waals surface area contributed by atoms with Gasteiger partial charge in [-0.2, -0.15) is 0 Å². The average Bonchev–Trinajstić information content (AvgIpc) is 3.89. The van der Waals surface area contributed by atoms with Crippen molar-refractivity contribution in [3.63, 3.8) is 0 Å². The van der Waals surface area contributed by atoms with Crippen LogP contribution in [-0.4, -0.2) is 19.6 Å². The molecule has 0 radical (unpaired) electrons. The number of benzene rings is 7. The zero-order valence-corrected chi connectivity index (χ0v) is 44.7. The van der Waals surface area contributed by atoms with E-state index < -0.39 is 0 Å². The van der Waals surface area contributed by atoms with Gasteiger partial charge in [0, 0.05) is 54.9 Å². The Labute approximate surface area is 427 Å². The molecular formula is C64H62N3O2Pt-. The van der Waals surface area contributed by atoms with Gasteiger partial charge in [0.25, 0.3) is 0 Å². The second-order valence-electron chi connectivity index (χ2n) is 22.9. The number of aromatic hydroxyl groups is 1. The fourth-order valence-corrected chi connectivity index (χ4v) is 9.55. The van der Waals surface area contributed by atoms with E-state index >= 15 is 0 Å². The molecule has 0 aliphatic rings. The van der Waals surface area contributed by atoms with Crippen molar-refractivity contribution >= 4 is 33.0 Å². The molecule has 0 amide bonds. The maximum atomic E-state index is 12.6. The Morgan fingerprint density at radius 1 is 0.500 bits per heavy atom. The van der Waals surface area contributed by atoms with Gasteiger partial charge in [-0.15, -0.1) is 29.3 Å². The first-order valence-corrected chi connectivity index (χ1v) is 24.2. The first kappa shape index (κ1) is 48.5. The molecule has 0 unspecified atom stereocenters. The summed E-state index contributed by atoms with van der Waals surface area (Å²) in [5, 5.41) is 14.8. The van der Waals surface area contributed by atoms with Gasteiger partial charge >= 0.3 is 0 Å². The molecule has 0 aliphatic carbocycles. The number of phenols is 1. The van der Waals surface area contributed by atoms with E-state index in [2.05, 4.69) is 227 Å². The number of furan rings is 1. The van der Waals surface area contributed by atoms with Gasteiger partial charge in [0.05, 0.1) is 22.3 Å². The summed E-state index contributed by atoms with van der Waals surface area (Å²) in [5.74, 6) is 0.922. The summed E-state index contributed by atoms with van der Waals surface area (Å²) in [4.78, 5) is 10.7. The van der Waals surface area contributed by atoms with Gasteiger partial charge in [0.15, 0.2) is 0 Å². The zero-order chi connectivity index (χ0) is 48.8. The van der Waals surface area contributed by atoms with Crippen molar-refractivity contribution in [2.45, 2.75) is 105 Å². The number of nitrogens with zero attached hydrogens (tertiary/aromatic N) is 3. The van der Waals surface area contributed by atoms with Crippen LogP contribution in [0, 0.1) is 6.07 Å². The van der Waals surface area contributed by atoms with Crippen LogP contribution in [0.25, 0.3) is 94.7 Å². The molecule has 0 atom stereocenters. The largest absolute Gasteiger partial charge is 0.507 e. The van der Waals surface area contributed by atoms with E-state index in [1.165, 1.54) is 5.56 Å². The van der Waals surface area contributed by atoms with E-state index in [1.807, 2.05) is 18.3 Å². The van der Waals surface area contributed by atoms with E-state index in [0.717, 1.165) is 100.0 Å².